The largest absolute Gasteiger partial charge is 0.464 e. The molecule has 0 heterocycles. The van der Waals surface area contributed by atoms with Crippen LogP contribution in [0.25, 0.3) is 0 Å². The molecule has 0 aromatic carbocycles. The molecule has 0 bridgehead atoms. The molecule has 0 aromatic heterocycles. The zero-order chi connectivity index (χ0) is 23.9. The van der Waals surface area contributed by atoms with Crippen LogP contribution in [0.1, 0.15) is 129 Å². The number of hydrogen-bond acceptors (Lipinski definition) is 5. The highest BCUT2D eigenvalue weighted by molar-refractivity contribution is 5.87. The minimum absolute atomic E-state index is 0.179. The molecule has 1 amide bonds. The van der Waals surface area contributed by atoms with E-state index in [1.54, 1.807) is 6.92 Å². The molecule has 6 nitrogen and oxygen atoms in total. The molecule has 2 atom stereocenters. The van der Waals surface area contributed by atoms with E-state index in [-0.39, 0.29) is 12.8 Å². The maximum absolute atomic E-state index is 12.2. The van der Waals surface area contributed by atoms with E-state index in [9.17, 15) is 9.59 Å². The lowest BCUT2D eigenvalue weighted by Crippen LogP contribution is -2.47. The van der Waals surface area contributed by atoms with Crippen LogP contribution in [0.5, 0.6) is 0 Å². The van der Waals surface area contributed by atoms with Gasteiger partial charge in [0.2, 0.25) is 5.91 Å². The average Bonchev–Trinajstić information content (AvgIpc) is 2.78. The fourth-order valence-corrected chi connectivity index (χ4v) is 3.68. The summed E-state index contributed by atoms with van der Waals surface area (Å²) in [6, 6.07) is 0.493. The van der Waals surface area contributed by atoms with E-state index in [1.807, 2.05) is 6.07 Å². The molecule has 186 valence electrons. The number of nitrogens with two attached hydrogens (primary N) is 1. The lowest BCUT2D eigenvalue weighted by atomic mass is 10.0. The fraction of sp³-hybridized carbons (Fsp3) is 0.885. The van der Waals surface area contributed by atoms with Crippen molar-refractivity contribution in [3.63, 3.8) is 0 Å². The highest BCUT2D eigenvalue weighted by Crippen LogP contribution is 2.13. The van der Waals surface area contributed by atoms with Crippen molar-refractivity contribution < 1.29 is 14.3 Å². The van der Waals surface area contributed by atoms with Crippen LogP contribution in [-0.2, 0) is 14.3 Å². The first-order valence-electron chi connectivity index (χ1n) is 13.1. The normalized spacial score (nSPS) is 12.7. The highest BCUT2D eigenvalue weighted by Gasteiger charge is 2.23. The molecule has 0 radical (unpaired) electrons. The molecule has 0 rings (SSSR count). The van der Waals surface area contributed by atoms with E-state index in [0.717, 1.165) is 19.3 Å². The first-order chi connectivity index (χ1) is 15.5. The van der Waals surface area contributed by atoms with E-state index >= 15 is 0 Å². The Morgan fingerprint density at radius 3 is 1.69 bits per heavy atom. The number of carbonyl (C=O) groups excluding carboxylic acids is 2. The van der Waals surface area contributed by atoms with Gasteiger partial charge in [0, 0.05) is 6.42 Å². The Hall–Kier alpha value is -1.61. The molecule has 0 unspecified atom stereocenters. The number of hydrogen-bond donors (Lipinski definition) is 2. The van der Waals surface area contributed by atoms with Gasteiger partial charge in [0.05, 0.1) is 18.7 Å². The molecule has 0 aliphatic carbocycles. The van der Waals surface area contributed by atoms with Crippen molar-refractivity contribution >= 4 is 11.9 Å². The van der Waals surface area contributed by atoms with Gasteiger partial charge in [-0.3, -0.25) is 4.79 Å². The van der Waals surface area contributed by atoms with Crippen LogP contribution in [0.15, 0.2) is 0 Å². The second kappa shape index (κ2) is 22.6. The van der Waals surface area contributed by atoms with Crippen LogP contribution in [0.2, 0.25) is 0 Å². The number of esters is 1. The zero-order valence-electron chi connectivity index (χ0n) is 20.8. The Bertz CT molecular complexity index is 503. The molecule has 0 aliphatic rings. The van der Waals surface area contributed by atoms with Gasteiger partial charge in [-0.15, -0.1) is 0 Å². The molecule has 0 spiro atoms. The van der Waals surface area contributed by atoms with Crippen LogP contribution in [-0.4, -0.2) is 30.6 Å². The summed E-state index contributed by atoms with van der Waals surface area (Å²) >= 11 is 0. The molecule has 0 aromatic rings. The number of carbonyl (C=O) groups is 2. The molecular formula is C26H49N3O3. The standard InChI is InChI=1S/C26H49N3O3/c1-3-4-5-6-7-8-9-10-11-12-13-14-15-16-17-18-22-32-26(31)24(20-19-21-27)29-25(30)23(2)28/h23-24H,3-20,22,28H2,1-2H3,(H,29,30)/t23-,24+/m1/s1. The number of unbranched alkanes of at least 4 members (excludes halogenated alkanes) is 15. The van der Waals surface area contributed by atoms with Gasteiger partial charge >= 0.3 is 5.97 Å². The van der Waals surface area contributed by atoms with Gasteiger partial charge in [0.25, 0.3) is 0 Å². The van der Waals surface area contributed by atoms with Gasteiger partial charge < -0.3 is 15.8 Å². The van der Waals surface area contributed by atoms with Gasteiger partial charge in [0.15, 0.2) is 0 Å². The summed E-state index contributed by atoms with van der Waals surface area (Å²) in [5, 5.41) is 11.3. The summed E-state index contributed by atoms with van der Waals surface area (Å²) in [5.74, 6) is -0.887. The Kier molecular flexibility index (Phi) is 21.4. The summed E-state index contributed by atoms with van der Waals surface area (Å²) in [7, 11) is 0. The molecule has 3 N–H and O–H groups in total. The number of ether oxygens (including phenoxy) is 1. The maximum atomic E-state index is 12.2. The van der Waals surface area contributed by atoms with Crippen molar-refractivity contribution in [3.8, 4) is 6.07 Å². The van der Waals surface area contributed by atoms with Gasteiger partial charge in [-0.25, -0.2) is 4.79 Å². The van der Waals surface area contributed by atoms with E-state index in [2.05, 4.69) is 12.2 Å². The highest BCUT2D eigenvalue weighted by atomic mass is 16.5. The summed E-state index contributed by atoms with van der Waals surface area (Å²) in [5.41, 5.74) is 5.53. The summed E-state index contributed by atoms with van der Waals surface area (Å²) < 4.78 is 5.30. The molecule has 6 heteroatoms. The van der Waals surface area contributed by atoms with E-state index in [4.69, 9.17) is 15.7 Å². The van der Waals surface area contributed by atoms with Gasteiger partial charge in [-0.2, -0.15) is 5.26 Å². The zero-order valence-corrected chi connectivity index (χ0v) is 20.8. The maximum Gasteiger partial charge on any atom is 0.328 e. The Labute approximate surface area is 197 Å². The van der Waals surface area contributed by atoms with Crippen molar-refractivity contribution in [2.24, 2.45) is 5.73 Å². The molecule has 0 saturated carbocycles. The average molecular weight is 452 g/mol. The first kappa shape index (κ1) is 30.4. The summed E-state index contributed by atoms with van der Waals surface area (Å²) in [4.78, 5) is 23.9. The summed E-state index contributed by atoms with van der Waals surface area (Å²) in [6.45, 7) is 4.18. The Morgan fingerprint density at radius 2 is 1.28 bits per heavy atom. The smallest absolute Gasteiger partial charge is 0.328 e. The second-order valence-electron chi connectivity index (χ2n) is 9.02. The number of nitrogens with one attached hydrogen (secondary N) is 1. The van der Waals surface area contributed by atoms with E-state index in [0.29, 0.717) is 6.61 Å². The van der Waals surface area contributed by atoms with Crippen molar-refractivity contribution in [1.82, 2.24) is 5.32 Å². The topological polar surface area (TPSA) is 105 Å². The minimum atomic E-state index is -0.797. The fourth-order valence-electron chi connectivity index (χ4n) is 3.68. The third kappa shape index (κ3) is 19.1. The molecule has 0 fully saturated rings. The number of nitrogens with zero attached hydrogens (tertiary/aromatic N) is 1. The third-order valence-electron chi connectivity index (χ3n) is 5.80. The molecule has 32 heavy (non-hydrogen) atoms. The van der Waals surface area contributed by atoms with E-state index in [1.165, 1.54) is 83.5 Å². The monoisotopic (exact) mass is 451 g/mol. The van der Waals surface area contributed by atoms with Crippen LogP contribution in [0, 0.1) is 11.3 Å². The van der Waals surface area contributed by atoms with Crippen molar-refractivity contribution in [1.29, 1.82) is 5.26 Å². The van der Waals surface area contributed by atoms with E-state index < -0.39 is 24.0 Å². The molecule has 0 saturated heterocycles. The van der Waals surface area contributed by atoms with Crippen LogP contribution in [0.3, 0.4) is 0 Å². The molecular weight excluding hydrogens is 402 g/mol. The minimum Gasteiger partial charge on any atom is -0.464 e. The van der Waals surface area contributed by atoms with Gasteiger partial charge in [0.1, 0.15) is 6.04 Å². The lowest BCUT2D eigenvalue weighted by Gasteiger charge is -2.17. The van der Waals surface area contributed by atoms with Crippen molar-refractivity contribution in [3.05, 3.63) is 0 Å². The van der Waals surface area contributed by atoms with Crippen molar-refractivity contribution in [2.75, 3.05) is 6.61 Å². The quantitative estimate of drug-likeness (QED) is 0.157. The number of amides is 1. The van der Waals surface area contributed by atoms with Crippen molar-refractivity contribution in [2.45, 2.75) is 142 Å². The van der Waals surface area contributed by atoms with Gasteiger partial charge in [-0.05, 0) is 19.8 Å². The number of nitriles is 1. The first-order valence-corrected chi connectivity index (χ1v) is 13.1. The van der Waals surface area contributed by atoms with Crippen LogP contribution < -0.4 is 11.1 Å². The predicted octanol–water partition coefficient (Wildman–Crippen LogP) is 5.93. The SMILES string of the molecule is CCCCCCCCCCCCCCCCCCOC(=O)[C@H](CCC#N)NC(=O)[C@@H](C)N. The molecule has 0 aliphatic heterocycles. The Balaban J connectivity index is 3.56. The second-order valence-corrected chi connectivity index (χ2v) is 9.02. The predicted molar refractivity (Wildman–Crippen MR) is 131 cm³/mol. The van der Waals surface area contributed by atoms with Crippen LogP contribution in [0.4, 0.5) is 0 Å². The third-order valence-corrected chi connectivity index (χ3v) is 5.80. The Morgan fingerprint density at radius 1 is 0.844 bits per heavy atom. The number of rotatable bonds is 22. The van der Waals surface area contributed by atoms with Crippen LogP contribution >= 0.6 is 0 Å². The summed E-state index contributed by atoms with van der Waals surface area (Å²) in [6.07, 6.45) is 21.2. The van der Waals surface area contributed by atoms with Gasteiger partial charge in [-0.1, -0.05) is 103 Å². The lowest BCUT2D eigenvalue weighted by molar-refractivity contribution is -0.148.